The summed E-state index contributed by atoms with van der Waals surface area (Å²) in [6.07, 6.45) is 1.88. The van der Waals surface area contributed by atoms with Crippen LogP contribution in [0.2, 0.25) is 0 Å². The maximum Gasteiger partial charge on any atom is 0.307 e. The van der Waals surface area contributed by atoms with Crippen molar-refractivity contribution < 1.29 is 19.7 Å². The molecule has 0 aromatic heterocycles. The van der Waals surface area contributed by atoms with Crippen molar-refractivity contribution in [2.45, 2.75) is 26.2 Å². The van der Waals surface area contributed by atoms with Gasteiger partial charge in [0.05, 0.1) is 13.0 Å². The summed E-state index contributed by atoms with van der Waals surface area (Å²) in [4.78, 5) is 20.7. The van der Waals surface area contributed by atoms with Crippen molar-refractivity contribution in [1.29, 1.82) is 0 Å². The molecule has 0 spiro atoms. The summed E-state index contributed by atoms with van der Waals surface area (Å²) in [5.41, 5.74) is 0.617. The van der Waals surface area contributed by atoms with Gasteiger partial charge < -0.3 is 9.99 Å². The molecule has 16 heavy (non-hydrogen) atoms. The molecule has 1 aromatic carbocycles. The third-order valence-corrected chi connectivity index (χ3v) is 2.04. The molecular formula is C12H16O4. The van der Waals surface area contributed by atoms with Gasteiger partial charge in [-0.2, -0.15) is 4.89 Å². The Labute approximate surface area is 94.7 Å². The second-order valence-electron chi connectivity index (χ2n) is 3.44. The summed E-state index contributed by atoms with van der Waals surface area (Å²) < 4.78 is 0. The maximum absolute atomic E-state index is 10.6. The van der Waals surface area contributed by atoms with Crippen molar-refractivity contribution in [3.8, 4) is 5.75 Å². The van der Waals surface area contributed by atoms with Crippen molar-refractivity contribution in [2.75, 3.05) is 6.61 Å². The highest BCUT2D eigenvalue weighted by Crippen LogP contribution is 2.18. The van der Waals surface area contributed by atoms with Crippen LogP contribution in [0.25, 0.3) is 0 Å². The van der Waals surface area contributed by atoms with Gasteiger partial charge in [-0.1, -0.05) is 31.5 Å². The Morgan fingerprint density at radius 1 is 1.38 bits per heavy atom. The van der Waals surface area contributed by atoms with Gasteiger partial charge in [0.15, 0.2) is 5.75 Å². The molecule has 4 heteroatoms. The van der Waals surface area contributed by atoms with E-state index in [4.69, 9.17) is 14.9 Å². The normalized spacial score (nSPS) is 10.1. The van der Waals surface area contributed by atoms with E-state index in [1.165, 1.54) is 0 Å². The minimum atomic E-state index is -0.885. The molecule has 1 rings (SSSR count). The molecule has 0 aliphatic carbocycles. The van der Waals surface area contributed by atoms with E-state index in [0.717, 1.165) is 12.8 Å². The topological polar surface area (TPSA) is 55.8 Å². The van der Waals surface area contributed by atoms with Crippen molar-refractivity contribution in [3.63, 3.8) is 0 Å². The Morgan fingerprint density at radius 2 is 2.12 bits per heavy atom. The van der Waals surface area contributed by atoms with E-state index >= 15 is 0 Å². The van der Waals surface area contributed by atoms with Gasteiger partial charge in [0.25, 0.3) is 0 Å². The van der Waals surface area contributed by atoms with Crippen LogP contribution in [0, 0.1) is 0 Å². The third kappa shape index (κ3) is 4.31. The number of hydrogen-bond acceptors (Lipinski definition) is 3. The van der Waals surface area contributed by atoms with E-state index in [1.807, 2.05) is 0 Å². The Bertz CT molecular complexity index is 336. The number of carboxylic acid groups (broad SMARTS) is 1. The van der Waals surface area contributed by atoms with Crippen LogP contribution in [0.3, 0.4) is 0 Å². The number of rotatable bonds is 7. The Kier molecular flexibility index (Phi) is 5.36. The Hall–Kier alpha value is -1.55. The van der Waals surface area contributed by atoms with Gasteiger partial charge in [-0.15, -0.1) is 0 Å². The van der Waals surface area contributed by atoms with Crippen molar-refractivity contribution in [1.82, 2.24) is 0 Å². The lowest BCUT2D eigenvalue weighted by Crippen LogP contribution is -2.05. The number of aliphatic carboxylic acids is 1. The first-order valence-electron chi connectivity index (χ1n) is 5.33. The fourth-order valence-corrected chi connectivity index (χ4v) is 1.20. The standard InChI is InChI=1S/C12H16O4/c1-2-3-8-15-16-11-7-5-4-6-10(11)9-12(13)14/h4-7H,2-3,8-9H2,1H3,(H,13,14). The quantitative estimate of drug-likeness (QED) is 0.439. The summed E-state index contributed by atoms with van der Waals surface area (Å²) in [5.74, 6) is -0.411. The van der Waals surface area contributed by atoms with E-state index in [1.54, 1.807) is 24.3 Å². The molecule has 0 heterocycles. The van der Waals surface area contributed by atoms with Crippen LogP contribution < -0.4 is 4.89 Å². The van der Waals surface area contributed by atoms with Gasteiger partial charge in [0, 0.05) is 5.56 Å². The zero-order valence-corrected chi connectivity index (χ0v) is 9.31. The predicted octanol–water partition coefficient (Wildman–Crippen LogP) is 2.42. The first-order valence-corrected chi connectivity index (χ1v) is 5.33. The molecule has 0 bridgehead atoms. The monoisotopic (exact) mass is 224 g/mol. The molecule has 0 atom stereocenters. The summed E-state index contributed by atoms with van der Waals surface area (Å²) in [7, 11) is 0. The second kappa shape index (κ2) is 6.85. The van der Waals surface area contributed by atoms with Crippen molar-refractivity contribution in [2.24, 2.45) is 0 Å². The van der Waals surface area contributed by atoms with Crippen LogP contribution in [0.4, 0.5) is 0 Å². The Morgan fingerprint density at radius 3 is 2.81 bits per heavy atom. The van der Waals surface area contributed by atoms with Crippen LogP contribution in [0.1, 0.15) is 25.3 Å². The molecule has 0 amide bonds. The smallest absolute Gasteiger partial charge is 0.307 e. The molecule has 0 aliphatic rings. The van der Waals surface area contributed by atoms with Crippen LogP contribution in [0.5, 0.6) is 5.75 Å². The number of benzene rings is 1. The van der Waals surface area contributed by atoms with E-state index in [0.29, 0.717) is 17.9 Å². The fourth-order valence-electron chi connectivity index (χ4n) is 1.20. The number of carbonyl (C=O) groups is 1. The fraction of sp³-hybridized carbons (Fsp3) is 0.417. The Balaban J connectivity index is 2.53. The van der Waals surface area contributed by atoms with Gasteiger partial charge in [-0.25, -0.2) is 0 Å². The lowest BCUT2D eigenvalue weighted by atomic mass is 10.1. The summed E-state index contributed by atoms with van der Waals surface area (Å²) in [6.45, 7) is 2.57. The minimum absolute atomic E-state index is 0.0622. The molecular weight excluding hydrogens is 208 g/mol. The molecule has 0 radical (unpaired) electrons. The van der Waals surface area contributed by atoms with Crippen molar-refractivity contribution >= 4 is 5.97 Å². The van der Waals surface area contributed by atoms with Crippen LogP contribution in [-0.4, -0.2) is 17.7 Å². The highest BCUT2D eigenvalue weighted by molar-refractivity contribution is 5.71. The summed E-state index contributed by atoms with van der Waals surface area (Å²) in [5, 5.41) is 8.70. The highest BCUT2D eigenvalue weighted by atomic mass is 17.2. The van der Waals surface area contributed by atoms with Crippen LogP contribution >= 0.6 is 0 Å². The molecule has 0 fully saturated rings. The van der Waals surface area contributed by atoms with Gasteiger partial charge >= 0.3 is 5.97 Å². The number of unbranched alkanes of at least 4 members (excludes halogenated alkanes) is 1. The average Bonchev–Trinajstić information content (AvgIpc) is 2.26. The molecule has 1 N–H and O–H groups in total. The van der Waals surface area contributed by atoms with Gasteiger partial charge in [-0.3, -0.25) is 4.79 Å². The van der Waals surface area contributed by atoms with Crippen LogP contribution in [0.15, 0.2) is 24.3 Å². The summed E-state index contributed by atoms with van der Waals surface area (Å²) >= 11 is 0. The second-order valence-corrected chi connectivity index (χ2v) is 3.44. The zero-order chi connectivity index (χ0) is 11.8. The van der Waals surface area contributed by atoms with Crippen LogP contribution in [-0.2, 0) is 16.1 Å². The lowest BCUT2D eigenvalue weighted by molar-refractivity contribution is -0.207. The molecule has 0 unspecified atom stereocenters. The highest BCUT2D eigenvalue weighted by Gasteiger charge is 2.07. The maximum atomic E-state index is 10.6. The number of hydrogen-bond donors (Lipinski definition) is 1. The SMILES string of the molecule is CCCCOOc1ccccc1CC(=O)O. The first-order chi connectivity index (χ1) is 7.74. The van der Waals surface area contributed by atoms with Gasteiger partial charge in [0.1, 0.15) is 0 Å². The third-order valence-electron chi connectivity index (χ3n) is 2.04. The zero-order valence-electron chi connectivity index (χ0n) is 9.31. The lowest BCUT2D eigenvalue weighted by Gasteiger charge is -2.08. The van der Waals surface area contributed by atoms with Crippen molar-refractivity contribution in [3.05, 3.63) is 29.8 Å². The molecule has 4 nitrogen and oxygen atoms in total. The molecule has 0 saturated heterocycles. The number of para-hydroxylation sites is 1. The average molecular weight is 224 g/mol. The molecule has 88 valence electrons. The van der Waals surface area contributed by atoms with E-state index in [2.05, 4.69) is 6.92 Å². The molecule has 0 aliphatic heterocycles. The molecule has 0 saturated carbocycles. The minimum Gasteiger partial charge on any atom is -0.481 e. The molecule has 1 aromatic rings. The van der Waals surface area contributed by atoms with E-state index in [-0.39, 0.29) is 6.42 Å². The largest absolute Gasteiger partial charge is 0.481 e. The predicted molar refractivity (Wildman–Crippen MR) is 59.3 cm³/mol. The van der Waals surface area contributed by atoms with Gasteiger partial charge in [-0.05, 0) is 12.5 Å². The number of carboxylic acids is 1. The first kappa shape index (κ1) is 12.5. The summed E-state index contributed by atoms with van der Waals surface area (Å²) in [6, 6.07) is 6.97. The van der Waals surface area contributed by atoms with E-state index < -0.39 is 5.97 Å². The van der Waals surface area contributed by atoms with Gasteiger partial charge in [0.2, 0.25) is 0 Å². The van der Waals surface area contributed by atoms with E-state index in [9.17, 15) is 4.79 Å².